The number of rotatable bonds is 7. The Morgan fingerprint density at radius 2 is 1.95 bits per heavy atom. The van der Waals surface area contributed by atoms with Crippen LogP contribution in [0.15, 0.2) is 0 Å². The first-order chi connectivity index (χ1) is 9.69. The molecule has 1 saturated carbocycles. The lowest BCUT2D eigenvalue weighted by Gasteiger charge is -2.31. The van der Waals surface area contributed by atoms with Crippen molar-refractivity contribution in [3.8, 4) is 6.07 Å². The lowest BCUT2D eigenvalue weighted by atomic mass is 9.90. The smallest absolute Gasteiger partial charge is 0.238 e. The summed E-state index contributed by atoms with van der Waals surface area (Å²) in [6, 6.07) is 1.99. The van der Waals surface area contributed by atoms with E-state index in [1.165, 1.54) is 0 Å². The zero-order valence-corrected chi connectivity index (χ0v) is 13.6. The molecule has 1 fully saturated rings. The molecule has 0 radical (unpaired) electrons. The van der Waals surface area contributed by atoms with E-state index in [0.29, 0.717) is 6.04 Å². The van der Waals surface area contributed by atoms with Crippen LogP contribution >= 0.6 is 0 Å². The molecular weight excluding hydrogens is 268 g/mol. The van der Waals surface area contributed by atoms with Crippen LogP contribution in [0, 0.1) is 17.2 Å². The first kappa shape index (κ1) is 17.4. The van der Waals surface area contributed by atoms with Crippen LogP contribution in [0.4, 0.5) is 0 Å². The van der Waals surface area contributed by atoms with E-state index in [9.17, 15) is 14.9 Å². The quantitative estimate of drug-likeness (QED) is 0.721. The van der Waals surface area contributed by atoms with Gasteiger partial charge in [-0.1, -0.05) is 13.8 Å². The Morgan fingerprint density at radius 1 is 1.38 bits per heavy atom. The summed E-state index contributed by atoms with van der Waals surface area (Å²) in [5.74, 6) is -0.303. The van der Waals surface area contributed by atoms with Crippen molar-refractivity contribution in [2.75, 3.05) is 13.6 Å². The molecule has 0 unspecified atom stereocenters. The Labute approximate surface area is 126 Å². The monoisotopic (exact) mass is 294 g/mol. The summed E-state index contributed by atoms with van der Waals surface area (Å²) in [6.45, 7) is 7.40. The first-order valence-corrected chi connectivity index (χ1v) is 7.42. The molecule has 0 saturated heterocycles. The highest BCUT2D eigenvalue weighted by atomic mass is 16.2. The fraction of sp³-hybridized carbons (Fsp3) is 0.800. The second-order valence-corrected chi connectivity index (χ2v) is 6.39. The van der Waals surface area contributed by atoms with E-state index in [2.05, 4.69) is 16.7 Å². The van der Waals surface area contributed by atoms with Crippen molar-refractivity contribution in [3.05, 3.63) is 0 Å². The van der Waals surface area contributed by atoms with Gasteiger partial charge in [0.05, 0.1) is 18.7 Å². The molecule has 0 bridgehead atoms. The summed E-state index contributed by atoms with van der Waals surface area (Å²) in [7, 11) is 1.73. The van der Waals surface area contributed by atoms with Gasteiger partial charge in [-0.05, 0) is 39.7 Å². The average Bonchev–Trinajstić information content (AvgIpc) is 3.20. The largest absolute Gasteiger partial charge is 0.352 e. The Hall–Kier alpha value is -1.61. The van der Waals surface area contributed by atoms with Gasteiger partial charge >= 0.3 is 0 Å². The summed E-state index contributed by atoms with van der Waals surface area (Å²) in [6.07, 6.45) is 2.08. The molecule has 2 amide bonds. The fourth-order valence-electron chi connectivity index (χ4n) is 1.73. The fourth-order valence-corrected chi connectivity index (χ4v) is 1.73. The maximum Gasteiger partial charge on any atom is 0.238 e. The minimum Gasteiger partial charge on any atom is -0.352 e. The molecule has 2 atom stereocenters. The summed E-state index contributed by atoms with van der Waals surface area (Å²) in [5.41, 5.74) is -0.900. The topological polar surface area (TPSA) is 85.2 Å². The van der Waals surface area contributed by atoms with Crippen LogP contribution < -0.4 is 10.6 Å². The van der Waals surface area contributed by atoms with Crippen LogP contribution in [0.2, 0.25) is 0 Å². The SMILES string of the molecule is CC(C)[C@@](C)(C#N)NC(=O)[C@H](C)N(C)CC(=O)NC1CC1. The minimum absolute atomic E-state index is 0.00196. The number of nitrogens with zero attached hydrogens (tertiary/aromatic N) is 2. The average molecular weight is 294 g/mol. The van der Waals surface area contributed by atoms with Crippen LogP contribution in [-0.4, -0.2) is 47.9 Å². The Kier molecular flexibility index (Phi) is 5.73. The Balaban J connectivity index is 2.52. The molecule has 118 valence electrons. The van der Waals surface area contributed by atoms with Crippen LogP contribution in [0.1, 0.15) is 40.5 Å². The number of likely N-dealkylation sites (N-methyl/N-ethyl adjacent to an activating group) is 1. The molecule has 0 aromatic heterocycles. The summed E-state index contributed by atoms with van der Waals surface area (Å²) in [5, 5.41) is 14.9. The number of amides is 2. The van der Waals surface area contributed by atoms with Crippen molar-refractivity contribution in [2.45, 2.75) is 58.2 Å². The lowest BCUT2D eigenvalue weighted by molar-refractivity contribution is -0.129. The molecule has 0 aliphatic heterocycles. The van der Waals surface area contributed by atoms with Gasteiger partial charge in [0.1, 0.15) is 5.54 Å². The standard InChI is InChI=1S/C15H26N4O2/c1-10(2)15(4,9-16)18-14(21)11(3)19(5)8-13(20)17-12-6-7-12/h10-12H,6-8H2,1-5H3,(H,17,20)(H,18,21)/t11-,15+/m0/s1. The highest BCUT2D eigenvalue weighted by Crippen LogP contribution is 2.18. The molecule has 0 spiro atoms. The number of carbonyl (C=O) groups excluding carboxylic acids is 2. The zero-order valence-electron chi connectivity index (χ0n) is 13.6. The molecule has 6 heteroatoms. The van der Waals surface area contributed by atoms with Crippen LogP contribution in [-0.2, 0) is 9.59 Å². The Morgan fingerprint density at radius 3 is 2.38 bits per heavy atom. The van der Waals surface area contributed by atoms with Crippen molar-refractivity contribution in [1.82, 2.24) is 15.5 Å². The molecule has 1 aliphatic carbocycles. The molecule has 1 rings (SSSR count). The van der Waals surface area contributed by atoms with Crippen molar-refractivity contribution >= 4 is 11.8 Å². The molecule has 0 heterocycles. The summed E-state index contributed by atoms with van der Waals surface area (Å²) in [4.78, 5) is 25.7. The van der Waals surface area contributed by atoms with E-state index in [4.69, 9.17) is 0 Å². The first-order valence-electron chi connectivity index (χ1n) is 7.42. The van der Waals surface area contributed by atoms with Gasteiger partial charge in [0, 0.05) is 6.04 Å². The van der Waals surface area contributed by atoms with Gasteiger partial charge in [0.2, 0.25) is 11.8 Å². The van der Waals surface area contributed by atoms with Crippen molar-refractivity contribution in [3.63, 3.8) is 0 Å². The van der Waals surface area contributed by atoms with E-state index >= 15 is 0 Å². The number of carbonyl (C=O) groups is 2. The van der Waals surface area contributed by atoms with E-state index in [-0.39, 0.29) is 24.3 Å². The molecule has 0 aromatic carbocycles. The number of nitriles is 1. The number of nitrogens with one attached hydrogen (secondary N) is 2. The van der Waals surface area contributed by atoms with Crippen LogP contribution in [0.25, 0.3) is 0 Å². The predicted molar refractivity (Wildman–Crippen MR) is 80.3 cm³/mol. The van der Waals surface area contributed by atoms with Crippen molar-refractivity contribution in [2.24, 2.45) is 5.92 Å². The van der Waals surface area contributed by atoms with Crippen LogP contribution in [0.5, 0.6) is 0 Å². The van der Waals surface area contributed by atoms with E-state index in [1.807, 2.05) is 13.8 Å². The van der Waals surface area contributed by atoms with E-state index in [1.54, 1.807) is 25.8 Å². The van der Waals surface area contributed by atoms with Crippen molar-refractivity contribution < 1.29 is 9.59 Å². The van der Waals surface area contributed by atoms with Crippen LogP contribution in [0.3, 0.4) is 0 Å². The van der Waals surface area contributed by atoms with Gasteiger partial charge in [-0.3, -0.25) is 14.5 Å². The summed E-state index contributed by atoms with van der Waals surface area (Å²) < 4.78 is 0. The normalized spacial score (nSPS) is 18.8. The van der Waals surface area contributed by atoms with Crippen molar-refractivity contribution in [1.29, 1.82) is 5.26 Å². The second kappa shape index (κ2) is 6.90. The molecule has 2 N–H and O–H groups in total. The van der Waals surface area contributed by atoms with E-state index in [0.717, 1.165) is 12.8 Å². The molecule has 0 aromatic rings. The molecular formula is C15H26N4O2. The van der Waals surface area contributed by atoms with Gasteiger partial charge in [-0.25, -0.2) is 0 Å². The van der Waals surface area contributed by atoms with Gasteiger partial charge in [-0.2, -0.15) is 5.26 Å². The third kappa shape index (κ3) is 5.01. The van der Waals surface area contributed by atoms with Gasteiger partial charge in [0.15, 0.2) is 0 Å². The third-order valence-electron chi connectivity index (χ3n) is 4.15. The second-order valence-electron chi connectivity index (χ2n) is 6.39. The zero-order chi connectivity index (χ0) is 16.2. The lowest BCUT2D eigenvalue weighted by Crippen LogP contribution is -2.55. The minimum atomic E-state index is -0.900. The Bertz CT molecular complexity index is 439. The number of hydrogen-bond donors (Lipinski definition) is 2. The maximum absolute atomic E-state index is 12.2. The van der Waals surface area contributed by atoms with Gasteiger partial charge in [-0.15, -0.1) is 0 Å². The summed E-state index contributed by atoms with van der Waals surface area (Å²) >= 11 is 0. The van der Waals surface area contributed by atoms with E-state index < -0.39 is 11.6 Å². The highest BCUT2D eigenvalue weighted by molar-refractivity contribution is 5.84. The molecule has 6 nitrogen and oxygen atoms in total. The maximum atomic E-state index is 12.2. The van der Waals surface area contributed by atoms with Gasteiger partial charge in [0.25, 0.3) is 0 Å². The molecule has 21 heavy (non-hydrogen) atoms. The molecule has 1 aliphatic rings. The highest BCUT2D eigenvalue weighted by Gasteiger charge is 2.33. The number of hydrogen-bond acceptors (Lipinski definition) is 4. The van der Waals surface area contributed by atoms with Gasteiger partial charge < -0.3 is 10.6 Å². The predicted octanol–water partition coefficient (Wildman–Crippen LogP) is 0.640. The third-order valence-corrected chi connectivity index (χ3v) is 4.15.